The molecule has 5 nitrogen and oxygen atoms in total. The Labute approximate surface area is 131 Å². The Hall–Kier alpha value is -1.66. The standard InChI is InChI=1S/C16H22BN3O2/c1-12-6-7-14(18-8-12)11-20-10-13(9-19-20)17-21-15(2,3)16(4,5)22-17/h6-10H,11H2,1-5H3. The maximum atomic E-state index is 6.04. The summed E-state index contributed by atoms with van der Waals surface area (Å²) < 4.78 is 13.9. The van der Waals surface area contributed by atoms with Crippen molar-refractivity contribution in [1.82, 2.24) is 14.8 Å². The van der Waals surface area contributed by atoms with E-state index in [1.54, 1.807) is 6.20 Å². The average Bonchev–Trinajstić information content (AvgIpc) is 2.96. The van der Waals surface area contributed by atoms with Crippen molar-refractivity contribution in [1.29, 1.82) is 0 Å². The highest BCUT2D eigenvalue weighted by molar-refractivity contribution is 6.61. The van der Waals surface area contributed by atoms with Crippen molar-refractivity contribution in [3.63, 3.8) is 0 Å². The van der Waals surface area contributed by atoms with Crippen LogP contribution in [-0.4, -0.2) is 33.1 Å². The van der Waals surface area contributed by atoms with E-state index < -0.39 is 0 Å². The van der Waals surface area contributed by atoms with Gasteiger partial charge >= 0.3 is 7.12 Å². The molecule has 6 heteroatoms. The first-order chi connectivity index (χ1) is 10.3. The van der Waals surface area contributed by atoms with E-state index in [0.717, 1.165) is 16.7 Å². The molecule has 3 rings (SSSR count). The van der Waals surface area contributed by atoms with E-state index >= 15 is 0 Å². The number of aromatic nitrogens is 3. The molecule has 0 radical (unpaired) electrons. The maximum Gasteiger partial charge on any atom is 0.498 e. The number of rotatable bonds is 3. The van der Waals surface area contributed by atoms with Crippen molar-refractivity contribution in [2.24, 2.45) is 0 Å². The minimum Gasteiger partial charge on any atom is -0.399 e. The normalized spacial score (nSPS) is 19.6. The molecule has 1 fully saturated rings. The van der Waals surface area contributed by atoms with Gasteiger partial charge in [0, 0.05) is 24.1 Å². The van der Waals surface area contributed by atoms with Crippen LogP contribution < -0.4 is 5.46 Å². The van der Waals surface area contributed by atoms with Gasteiger partial charge in [0.15, 0.2) is 0 Å². The van der Waals surface area contributed by atoms with Crippen LogP contribution in [0, 0.1) is 6.92 Å². The summed E-state index contributed by atoms with van der Waals surface area (Å²) in [4.78, 5) is 4.40. The van der Waals surface area contributed by atoms with Gasteiger partial charge in [0.1, 0.15) is 0 Å². The summed E-state index contributed by atoms with van der Waals surface area (Å²) in [5.41, 5.74) is 2.40. The molecule has 0 spiro atoms. The quantitative estimate of drug-likeness (QED) is 0.813. The Morgan fingerprint density at radius 1 is 1.09 bits per heavy atom. The number of nitrogens with zero attached hydrogens (tertiary/aromatic N) is 3. The Morgan fingerprint density at radius 2 is 1.77 bits per heavy atom. The predicted octanol–water partition coefficient (Wildman–Crippen LogP) is 1.93. The second-order valence-electron chi connectivity index (χ2n) is 6.89. The molecule has 3 heterocycles. The average molecular weight is 299 g/mol. The fourth-order valence-corrected chi connectivity index (χ4v) is 2.32. The van der Waals surface area contributed by atoms with E-state index in [9.17, 15) is 0 Å². The minimum atomic E-state index is -0.371. The summed E-state index contributed by atoms with van der Waals surface area (Å²) in [5.74, 6) is 0. The lowest BCUT2D eigenvalue weighted by molar-refractivity contribution is 0.00578. The molecule has 1 aliphatic rings. The molecule has 0 amide bonds. The van der Waals surface area contributed by atoms with Gasteiger partial charge in [-0.05, 0) is 46.2 Å². The Morgan fingerprint density at radius 3 is 2.36 bits per heavy atom. The van der Waals surface area contributed by atoms with Crippen LogP contribution in [0.2, 0.25) is 0 Å². The molecule has 0 N–H and O–H groups in total. The molecule has 2 aromatic heterocycles. The van der Waals surface area contributed by atoms with Gasteiger partial charge in [-0.1, -0.05) is 6.07 Å². The fourth-order valence-electron chi connectivity index (χ4n) is 2.32. The highest BCUT2D eigenvalue weighted by Gasteiger charge is 2.52. The number of hydrogen-bond donors (Lipinski definition) is 0. The molecular weight excluding hydrogens is 277 g/mol. The largest absolute Gasteiger partial charge is 0.498 e. The van der Waals surface area contributed by atoms with Gasteiger partial charge in [0.2, 0.25) is 0 Å². The first-order valence-electron chi connectivity index (χ1n) is 7.56. The highest BCUT2D eigenvalue weighted by atomic mass is 16.7. The molecule has 0 bridgehead atoms. The van der Waals surface area contributed by atoms with Crippen LogP contribution in [0.5, 0.6) is 0 Å². The Bertz CT molecular complexity index is 648. The molecule has 116 valence electrons. The molecule has 22 heavy (non-hydrogen) atoms. The minimum absolute atomic E-state index is 0.335. The summed E-state index contributed by atoms with van der Waals surface area (Å²) in [7, 11) is -0.371. The van der Waals surface area contributed by atoms with Crippen LogP contribution in [0.15, 0.2) is 30.7 Å². The zero-order chi connectivity index (χ0) is 16.0. The van der Waals surface area contributed by atoms with Gasteiger partial charge < -0.3 is 9.31 Å². The third-order valence-corrected chi connectivity index (χ3v) is 4.48. The Kier molecular flexibility index (Phi) is 3.61. The maximum absolute atomic E-state index is 6.04. The third-order valence-electron chi connectivity index (χ3n) is 4.48. The molecule has 0 unspecified atom stereocenters. The fraction of sp³-hybridized carbons (Fsp3) is 0.500. The summed E-state index contributed by atoms with van der Waals surface area (Å²) >= 11 is 0. The SMILES string of the molecule is Cc1ccc(Cn2cc(B3OC(C)(C)C(C)(C)O3)cn2)nc1. The monoisotopic (exact) mass is 299 g/mol. The van der Waals surface area contributed by atoms with Crippen molar-refractivity contribution in [2.45, 2.75) is 52.4 Å². The molecule has 1 aliphatic heterocycles. The molecule has 0 aliphatic carbocycles. The summed E-state index contributed by atoms with van der Waals surface area (Å²) in [6.07, 6.45) is 5.63. The van der Waals surface area contributed by atoms with Gasteiger partial charge in [-0.3, -0.25) is 9.67 Å². The third kappa shape index (κ3) is 2.81. The van der Waals surface area contributed by atoms with Gasteiger partial charge in [-0.15, -0.1) is 0 Å². The topological polar surface area (TPSA) is 49.2 Å². The van der Waals surface area contributed by atoms with E-state index in [1.807, 2.05) is 57.8 Å². The summed E-state index contributed by atoms with van der Waals surface area (Å²) in [5, 5.41) is 4.39. The van der Waals surface area contributed by atoms with Gasteiger partial charge in [-0.25, -0.2) is 0 Å². The second-order valence-corrected chi connectivity index (χ2v) is 6.89. The van der Waals surface area contributed by atoms with Crippen LogP contribution in [0.3, 0.4) is 0 Å². The highest BCUT2D eigenvalue weighted by Crippen LogP contribution is 2.36. The van der Waals surface area contributed by atoms with Crippen LogP contribution in [-0.2, 0) is 15.9 Å². The zero-order valence-corrected chi connectivity index (χ0v) is 13.8. The van der Waals surface area contributed by atoms with Crippen molar-refractivity contribution >= 4 is 12.6 Å². The van der Waals surface area contributed by atoms with Gasteiger partial charge in [0.05, 0.1) is 23.4 Å². The lowest BCUT2D eigenvalue weighted by Gasteiger charge is -2.32. The van der Waals surface area contributed by atoms with Crippen LogP contribution in [0.4, 0.5) is 0 Å². The van der Waals surface area contributed by atoms with Crippen molar-refractivity contribution in [3.8, 4) is 0 Å². The van der Waals surface area contributed by atoms with Crippen molar-refractivity contribution in [2.75, 3.05) is 0 Å². The van der Waals surface area contributed by atoms with Crippen molar-refractivity contribution < 1.29 is 9.31 Å². The van der Waals surface area contributed by atoms with Gasteiger partial charge in [-0.2, -0.15) is 5.10 Å². The molecule has 0 saturated carbocycles. The molecular formula is C16H22BN3O2. The summed E-state index contributed by atoms with van der Waals surface area (Å²) in [6, 6.07) is 4.08. The zero-order valence-electron chi connectivity index (χ0n) is 13.8. The van der Waals surface area contributed by atoms with Gasteiger partial charge in [0.25, 0.3) is 0 Å². The smallest absolute Gasteiger partial charge is 0.399 e. The molecule has 0 aromatic carbocycles. The van der Waals surface area contributed by atoms with Crippen LogP contribution in [0.25, 0.3) is 0 Å². The Balaban J connectivity index is 1.73. The van der Waals surface area contributed by atoms with Crippen molar-refractivity contribution in [3.05, 3.63) is 42.0 Å². The van der Waals surface area contributed by atoms with E-state index in [4.69, 9.17) is 9.31 Å². The summed E-state index contributed by atoms with van der Waals surface area (Å²) in [6.45, 7) is 10.9. The van der Waals surface area contributed by atoms with E-state index in [0.29, 0.717) is 6.54 Å². The lowest BCUT2D eigenvalue weighted by Crippen LogP contribution is -2.41. The first kappa shape index (κ1) is 15.2. The molecule has 1 saturated heterocycles. The first-order valence-corrected chi connectivity index (χ1v) is 7.56. The van der Waals surface area contributed by atoms with E-state index in [2.05, 4.69) is 16.1 Å². The van der Waals surface area contributed by atoms with Crippen LogP contribution in [0.1, 0.15) is 39.0 Å². The molecule has 2 aromatic rings. The second kappa shape index (κ2) is 5.21. The number of hydrogen-bond acceptors (Lipinski definition) is 4. The number of aryl methyl sites for hydroxylation is 1. The lowest BCUT2D eigenvalue weighted by atomic mass is 9.82. The van der Waals surface area contributed by atoms with E-state index in [1.165, 1.54) is 0 Å². The van der Waals surface area contributed by atoms with E-state index in [-0.39, 0.29) is 18.3 Å². The predicted molar refractivity (Wildman–Crippen MR) is 86.0 cm³/mol. The number of pyridine rings is 1. The van der Waals surface area contributed by atoms with Crippen LogP contribution >= 0.6 is 0 Å². The molecule has 0 atom stereocenters.